The standard InChI is InChI=1S/C14H13F3N2O2S/c1-13(21)5-6-19(7-13)11(20)8-3-2-4-9-10(8)18-12(22-9)14(15,16)17/h2-4,21H,5-7H2,1H3. The van der Waals surface area contributed by atoms with Gasteiger partial charge in [0, 0.05) is 13.1 Å². The van der Waals surface area contributed by atoms with Gasteiger partial charge in [-0.2, -0.15) is 13.2 Å². The average molecular weight is 330 g/mol. The molecule has 1 aliphatic heterocycles. The van der Waals surface area contributed by atoms with E-state index in [1.165, 1.54) is 17.0 Å². The first kappa shape index (κ1) is 15.2. The lowest BCUT2D eigenvalue weighted by molar-refractivity contribution is -0.137. The van der Waals surface area contributed by atoms with E-state index < -0.39 is 22.7 Å². The number of benzene rings is 1. The fourth-order valence-electron chi connectivity index (χ4n) is 2.53. The lowest BCUT2D eigenvalue weighted by Gasteiger charge is -2.19. The number of rotatable bonds is 1. The number of hydrogen-bond donors (Lipinski definition) is 1. The molecule has 0 aliphatic carbocycles. The lowest BCUT2D eigenvalue weighted by atomic mass is 10.1. The first-order chi connectivity index (χ1) is 10.2. The maximum absolute atomic E-state index is 12.8. The van der Waals surface area contributed by atoms with Crippen LogP contribution >= 0.6 is 11.3 Å². The van der Waals surface area contributed by atoms with Crippen LogP contribution in [-0.4, -0.2) is 39.6 Å². The summed E-state index contributed by atoms with van der Waals surface area (Å²) >= 11 is 0.522. The summed E-state index contributed by atoms with van der Waals surface area (Å²) in [5.41, 5.74) is -0.749. The quantitative estimate of drug-likeness (QED) is 0.875. The Morgan fingerprint density at radius 3 is 2.77 bits per heavy atom. The Hall–Kier alpha value is -1.67. The van der Waals surface area contributed by atoms with Gasteiger partial charge in [-0.1, -0.05) is 6.07 Å². The number of halogens is 3. The number of aromatic nitrogens is 1. The molecule has 1 aromatic heterocycles. The summed E-state index contributed by atoms with van der Waals surface area (Å²) in [6.07, 6.45) is -4.08. The van der Waals surface area contributed by atoms with Gasteiger partial charge in [0.15, 0.2) is 5.01 Å². The van der Waals surface area contributed by atoms with Crippen molar-refractivity contribution in [2.45, 2.75) is 25.1 Å². The van der Waals surface area contributed by atoms with E-state index in [0.717, 1.165) is 0 Å². The molecular weight excluding hydrogens is 317 g/mol. The van der Waals surface area contributed by atoms with Crippen molar-refractivity contribution in [1.29, 1.82) is 0 Å². The van der Waals surface area contributed by atoms with E-state index in [9.17, 15) is 23.1 Å². The molecule has 22 heavy (non-hydrogen) atoms. The van der Waals surface area contributed by atoms with Crippen LogP contribution in [0.5, 0.6) is 0 Å². The van der Waals surface area contributed by atoms with E-state index in [0.29, 0.717) is 29.0 Å². The minimum atomic E-state index is -4.53. The molecule has 1 unspecified atom stereocenters. The first-order valence-electron chi connectivity index (χ1n) is 6.66. The molecule has 1 aliphatic rings. The molecule has 1 aromatic carbocycles. The summed E-state index contributed by atoms with van der Waals surface area (Å²) in [7, 11) is 0. The molecule has 118 valence electrons. The van der Waals surface area contributed by atoms with Gasteiger partial charge >= 0.3 is 6.18 Å². The monoisotopic (exact) mass is 330 g/mol. The molecular formula is C14H13F3N2O2S. The molecule has 1 fully saturated rings. The number of para-hydroxylation sites is 1. The van der Waals surface area contributed by atoms with Crippen molar-refractivity contribution in [1.82, 2.24) is 9.88 Å². The highest BCUT2D eigenvalue weighted by molar-refractivity contribution is 7.18. The molecule has 1 amide bonds. The summed E-state index contributed by atoms with van der Waals surface area (Å²) in [5.74, 6) is -0.401. The summed E-state index contributed by atoms with van der Waals surface area (Å²) in [6, 6.07) is 4.53. The zero-order valence-electron chi connectivity index (χ0n) is 11.6. The van der Waals surface area contributed by atoms with Gasteiger partial charge < -0.3 is 10.0 Å². The van der Waals surface area contributed by atoms with E-state index in [1.807, 2.05) is 0 Å². The molecule has 2 heterocycles. The second kappa shape index (κ2) is 4.92. The third-order valence-corrected chi connectivity index (χ3v) is 4.70. The maximum atomic E-state index is 12.8. The molecule has 0 radical (unpaired) electrons. The number of likely N-dealkylation sites (tertiary alicyclic amines) is 1. The number of aliphatic hydroxyl groups is 1. The third kappa shape index (κ3) is 2.68. The Morgan fingerprint density at radius 1 is 1.45 bits per heavy atom. The number of carbonyl (C=O) groups is 1. The average Bonchev–Trinajstić information content (AvgIpc) is 3.00. The van der Waals surface area contributed by atoms with Gasteiger partial charge in [0.05, 0.1) is 21.4 Å². The van der Waals surface area contributed by atoms with Crippen molar-refractivity contribution < 1.29 is 23.1 Å². The Labute approximate surface area is 128 Å². The summed E-state index contributed by atoms with van der Waals surface area (Å²) in [6.45, 7) is 2.17. The van der Waals surface area contributed by atoms with E-state index in [2.05, 4.69) is 4.98 Å². The van der Waals surface area contributed by atoms with Crippen LogP contribution in [0.4, 0.5) is 13.2 Å². The van der Waals surface area contributed by atoms with Crippen LogP contribution in [-0.2, 0) is 6.18 Å². The van der Waals surface area contributed by atoms with Crippen molar-refractivity contribution in [2.75, 3.05) is 13.1 Å². The summed E-state index contributed by atoms with van der Waals surface area (Å²) < 4.78 is 38.7. The predicted molar refractivity (Wildman–Crippen MR) is 75.8 cm³/mol. The Balaban J connectivity index is 2.00. The normalized spacial score (nSPS) is 22.5. The molecule has 1 N–H and O–H groups in total. The predicted octanol–water partition coefficient (Wildman–Crippen LogP) is 2.91. The molecule has 3 rings (SSSR count). The van der Waals surface area contributed by atoms with Crippen molar-refractivity contribution >= 4 is 27.5 Å². The Kier molecular flexibility index (Phi) is 3.41. The first-order valence-corrected chi connectivity index (χ1v) is 7.47. The molecule has 8 heteroatoms. The second-order valence-corrected chi connectivity index (χ2v) is 6.67. The van der Waals surface area contributed by atoms with Crippen LogP contribution < -0.4 is 0 Å². The molecule has 0 bridgehead atoms. The van der Waals surface area contributed by atoms with Crippen molar-refractivity contribution in [3.8, 4) is 0 Å². The van der Waals surface area contributed by atoms with Gasteiger partial charge in [-0.25, -0.2) is 4.98 Å². The van der Waals surface area contributed by atoms with Crippen molar-refractivity contribution in [3.63, 3.8) is 0 Å². The smallest absolute Gasteiger partial charge is 0.388 e. The van der Waals surface area contributed by atoms with Crippen molar-refractivity contribution in [3.05, 3.63) is 28.8 Å². The number of nitrogens with zero attached hydrogens (tertiary/aromatic N) is 2. The second-order valence-electron chi connectivity index (χ2n) is 5.64. The van der Waals surface area contributed by atoms with Gasteiger partial charge in [0.2, 0.25) is 0 Å². The molecule has 0 spiro atoms. The van der Waals surface area contributed by atoms with Gasteiger partial charge in [-0.05, 0) is 25.5 Å². The van der Waals surface area contributed by atoms with Crippen molar-refractivity contribution in [2.24, 2.45) is 0 Å². The highest BCUT2D eigenvalue weighted by Gasteiger charge is 2.37. The van der Waals surface area contributed by atoms with Gasteiger partial charge in [-0.15, -0.1) is 11.3 Å². The van der Waals surface area contributed by atoms with E-state index in [1.54, 1.807) is 13.0 Å². The van der Waals surface area contributed by atoms with E-state index in [-0.39, 0.29) is 17.6 Å². The van der Waals surface area contributed by atoms with Crippen LogP contribution in [0, 0.1) is 0 Å². The zero-order chi connectivity index (χ0) is 16.1. The number of thiazole rings is 1. The Bertz CT molecular complexity index is 739. The molecule has 4 nitrogen and oxygen atoms in total. The lowest BCUT2D eigenvalue weighted by Crippen LogP contribution is -2.34. The molecule has 2 aromatic rings. The Morgan fingerprint density at radius 2 is 2.18 bits per heavy atom. The van der Waals surface area contributed by atoms with Gasteiger partial charge in [0.25, 0.3) is 5.91 Å². The fourth-order valence-corrected chi connectivity index (χ4v) is 3.39. The SMILES string of the molecule is CC1(O)CCN(C(=O)c2cccc3sc(C(F)(F)F)nc23)C1. The van der Waals surface area contributed by atoms with Crippen LogP contribution in [0.3, 0.4) is 0 Å². The summed E-state index contributed by atoms with van der Waals surface area (Å²) in [4.78, 5) is 17.5. The molecule has 1 atom stereocenters. The number of hydrogen-bond acceptors (Lipinski definition) is 4. The van der Waals surface area contributed by atoms with Crippen LogP contribution in [0.15, 0.2) is 18.2 Å². The largest absolute Gasteiger partial charge is 0.443 e. The number of β-amino-alcohol motifs (C(OH)–C–C–N with tert-alkyl or cyclic N) is 1. The highest BCUT2D eigenvalue weighted by atomic mass is 32.1. The summed E-state index contributed by atoms with van der Waals surface area (Å²) in [5, 5.41) is 8.97. The number of carbonyl (C=O) groups excluding carboxylic acids is 1. The van der Waals surface area contributed by atoms with Crippen LogP contribution in [0.2, 0.25) is 0 Å². The fraction of sp³-hybridized carbons (Fsp3) is 0.429. The molecule has 0 saturated carbocycles. The van der Waals surface area contributed by atoms with Gasteiger partial charge in [-0.3, -0.25) is 4.79 Å². The minimum absolute atomic E-state index is 0.0661. The van der Waals surface area contributed by atoms with E-state index in [4.69, 9.17) is 0 Å². The number of fused-ring (bicyclic) bond motifs is 1. The van der Waals surface area contributed by atoms with Gasteiger partial charge in [0.1, 0.15) is 0 Å². The highest BCUT2D eigenvalue weighted by Crippen LogP contribution is 2.36. The minimum Gasteiger partial charge on any atom is -0.388 e. The zero-order valence-corrected chi connectivity index (χ0v) is 12.5. The molecule has 1 saturated heterocycles. The maximum Gasteiger partial charge on any atom is 0.443 e. The van der Waals surface area contributed by atoms with Crippen LogP contribution in [0.25, 0.3) is 10.2 Å². The van der Waals surface area contributed by atoms with Crippen LogP contribution in [0.1, 0.15) is 28.7 Å². The topological polar surface area (TPSA) is 53.4 Å². The third-order valence-electron chi connectivity index (χ3n) is 3.63. The number of alkyl halides is 3. The number of amides is 1. The van der Waals surface area contributed by atoms with E-state index >= 15 is 0 Å².